The Hall–Kier alpha value is -2.19. The summed E-state index contributed by atoms with van der Waals surface area (Å²) < 4.78 is 11.0. The summed E-state index contributed by atoms with van der Waals surface area (Å²) in [7, 11) is 0. The SMILES string of the molecule is N#Cc1nc(COc2ccc(Cl)cc2)oc1NC1CC1. The van der Waals surface area contributed by atoms with Crippen molar-refractivity contribution in [3.63, 3.8) is 0 Å². The molecule has 1 fully saturated rings. The van der Waals surface area contributed by atoms with E-state index in [9.17, 15) is 0 Å². The van der Waals surface area contributed by atoms with Gasteiger partial charge in [0.15, 0.2) is 6.61 Å². The molecule has 1 aliphatic rings. The van der Waals surface area contributed by atoms with Crippen molar-refractivity contribution in [2.45, 2.75) is 25.5 Å². The number of nitriles is 1. The maximum atomic E-state index is 9.01. The zero-order valence-electron chi connectivity index (χ0n) is 10.6. The molecule has 0 bridgehead atoms. The van der Waals surface area contributed by atoms with E-state index in [1.54, 1.807) is 24.3 Å². The molecular weight excluding hydrogens is 278 g/mol. The Morgan fingerprint density at radius 3 is 2.80 bits per heavy atom. The monoisotopic (exact) mass is 289 g/mol. The fraction of sp³-hybridized carbons (Fsp3) is 0.286. The number of hydrogen-bond donors (Lipinski definition) is 1. The molecule has 1 aromatic carbocycles. The van der Waals surface area contributed by atoms with Crippen LogP contribution in [0.5, 0.6) is 5.75 Å². The highest BCUT2D eigenvalue weighted by Crippen LogP contribution is 2.27. The number of anilines is 1. The van der Waals surface area contributed by atoms with Crippen molar-refractivity contribution in [1.82, 2.24) is 4.98 Å². The Kier molecular flexibility index (Phi) is 3.48. The lowest BCUT2D eigenvalue weighted by Crippen LogP contribution is -2.00. The summed E-state index contributed by atoms with van der Waals surface area (Å²) in [4.78, 5) is 4.10. The minimum Gasteiger partial charge on any atom is -0.484 e. The molecule has 1 saturated carbocycles. The molecule has 0 amide bonds. The Morgan fingerprint density at radius 2 is 2.15 bits per heavy atom. The van der Waals surface area contributed by atoms with Gasteiger partial charge < -0.3 is 14.5 Å². The third-order valence-electron chi connectivity index (χ3n) is 2.87. The number of hydrogen-bond acceptors (Lipinski definition) is 5. The first-order valence-corrected chi connectivity index (χ1v) is 6.67. The van der Waals surface area contributed by atoms with Crippen molar-refractivity contribution in [2.75, 3.05) is 5.32 Å². The second-order valence-electron chi connectivity index (χ2n) is 4.56. The summed E-state index contributed by atoms with van der Waals surface area (Å²) in [5.41, 5.74) is 0.270. The number of oxazole rings is 1. The van der Waals surface area contributed by atoms with Crippen LogP contribution in [0.2, 0.25) is 5.02 Å². The van der Waals surface area contributed by atoms with Gasteiger partial charge in [0.2, 0.25) is 17.5 Å². The molecule has 6 heteroatoms. The number of halogens is 1. The molecule has 3 rings (SSSR count). The quantitative estimate of drug-likeness (QED) is 0.914. The van der Waals surface area contributed by atoms with E-state index in [4.69, 9.17) is 26.0 Å². The smallest absolute Gasteiger partial charge is 0.236 e. The minimum absolute atomic E-state index is 0.169. The van der Waals surface area contributed by atoms with Crippen LogP contribution in [0.25, 0.3) is 0 Å². The molecule has 0 unspecified atom stereocenters. The van der Waals surface area contributed by atoms with E-state index >= 15 is 0 Å². The first-order valence-electron chi connectivity index (χ1n) is 6.29. The van der Waals surface area contributed by atoms with Gasteiger partial charge in [-0.15, -0.1) is 0 Å². The summed E-state index contributed by atoms with van der Waals surface area (Å²) in [5.74, 6) is 1.48. The normalized spacial score (nSPS) is 13.8. The number of nitrogens with one attached hydrogen (secondary N) is 1. The summed E-state index contributed by atoms with van der Waals surface area (Å²) in [5, 5.41) is 12.8. The van der Waals surface area contributed by atoms with Gasteiger partial charge in [-0.1, -0.05) is 11.6 Å². The average molecular weight is 290 g/mol. The van der Waals surface area contributed by atoms with Crippen molar-refractivity contribution >= 4 is 17.5 Å². The molecule has 1 N–H and O–H groups in total. The Balaban J connectivity index is 1.66. The first kappa shape index (κ1) is 12.8. The van der Waals surface area contributed by atoms with E-state index in [0.717, 1.165) is 12.8 Å². The van der Waals surface area contributed by atoms with Gasteiger partial charge >= 0.3 is 0 Å². The Morgan fingerprint density at radius 1 is 1.40 bits per heavy atom. The molecule has 0 radical (unpaired) electrons. The minimum atomic E-state index is 0.169. The summed E-state index contributed by atoms with van der Waals surface area (Å²) in [6.07, 6.45) is 2.20. The predicted molar refractivity (Wildman–Crippen MR) is 73.6 cm³/mol. The molecule has 1 aliphatic carbocycles. The number of aromatic nitrogens is 1. The highest BCUT2D eigenvalue weighted by molar-refractivity contribution is 6.30. The lowest BCUT2D eigenvalue weighted by atomic mass is 10.3. The molecule has 1 heterocycles. The zero-order valence-corrected chi connectivity index (χ0v) is 11.4. The van der Waals surface area contributed by atoms with Crippen LogP contribution >= 0.6 is 11.6 Å². The van der Waals surface area contributed by atoms with E-state index < -0.39 is 0 Å². The molecule has 0 atom stereocenters. The zero-order chi connectivity index (χ0) is 13.9. The van der Waals surface area contributed by atoms with Crippen molar-refractivity contribution in [2.24, 2.45) is 0 Å². The molecule has 102 valence electrons. The van der Waals surface area contributed by atoms with Gasteiger partial charge in [0.1, 0.15) is 11.8 Å². The van der Waals surface area contributed by atoms with Crippen LogP contribution in [0, 0.1) is 11.3 Å². The lowest BCUT2D eigenvalue weighted by Gasteiger charge is -2.03. The fourth-order valence-electron chi connectivity index (χ4n) is 1.69. The second kappa shape index (κ2) is 5.43. The Labute approximate surface area is 121 Å². The summed E-state index contributed by atoms with van der Waals surface area (Å²) in [6.45, 7) is 0.169. The molecule has 0 aliphatic heterocycles. The van der Waals surface area contributed by atoms with Gasteiger partial charge in [0, 0.05) is 11.1 Å². The van der Waals surface area contributed by atoms with Crippen LogP contribution in [0.15, 0.2) is 28.7 Å². The Bertz CT molecular complexity index is 641. The van der Waals surface area contributed by atoms with E-state index in [2.05, 4.69) is 10.3 Å². The van der Waals surface area contributed by atoms with E-state index in [1.807, 2.05) is 6.07 Å². The van der Waals surface area contributed by atoms with E-state index in [1.165, 1.54) is 0 Å². The van der Waals surface area contributed by atoms with Gasteiger partial charge in [-0.05, 0) is 37.1 Å². The highest BCUT2D eigenvalue weighted by atomic mass is 35.5. The van der Waals surface area contributed by atoms with Crippen molar-refractivity contribution in [3.8, 4) is 11.8 Å². The van der Waals surface area contributed by atoms with Crippen LogP contribution in [0.1, 0.15) is 24.4 Å². The maximum absolute atomic E-state index is 9.01. The van der Waals surface area contributed by atoms with Crippen molar-refractivity contribution < 1.29 is 9.15 Å². The first-order chi connectivity index (χ1) is 9.74. The molecule has 5 nitrogen and oxygen atoms in total. The average Bonchev–Trinajstić information content (AvgIpc) is 3.18. The summed E-state index contributed by atoms with van der Waals surface area (Å²) >= 11 is 5.80. The molecule has 20 heavy (non-hydrogen) atoms. The predicted octanol–water partition coefficient (Wildman–Crippen LogP) is 3.35. The second-order valence-corrected chi connectivity index (χ2v) is 4.99. The van der Waals surface area contributed by atoms with Crippen molar-refractivity contribution in [3.05, 3.63) is 40.9 Å². The number of ether oxygens (including phenoxy) is 1. The van der Waals surface area contributed by atoms with Gasteiger partial charge in [-0.2, -0.15) is 10.2 Å². The van der Waals surface area contributed by atoms with Crippen LogP contribution < -0.4 is 10.1 Å². The van der Waals surface area contributed by atoms with Gasteiger partial charge in [0.05, 0.1) is 0 Å². The van der Waals surface area contributed by atoms with Gasteiger partial charge in [-0.25, -0.2) is 0 Å². The topological polar surface area (TPSA) is 71.1 Å². The van der Waals surface area contributed by atoms with Crippen LogP contribution in [-0.2, 0) is 6.61 Å². The highest BCUT2D eigenvalue weighted by Gasteiger charge is 2.25. The third-order valence-corrected chi connectivity index (χ3v) is 3.12. The van der Waals surface area contributed by atoms with Gasteiger partial charge in [0.25, 0.3) is 0 Å². The molecule has 0 spiro atoms. The molecule has 2 aromatic rings. The third kappa shape index (κ3) is 3.03. The molecular formula is C14H12ClN3O2. The lowest BCUT2D eigenvalue weighted by molar-refractivity contribution is 0.265. The van der Waals surface area contributed by atoms with Crippen LogP contribution in [0.3, 0.4) is 0 Å². The van der Waals surface area contributed by atoms with E-state index in [0.29, 0.717) is 28.6 Å². The standard InChI is InChI=1S/C14H12ClN3O2/c15-9-1-5-11(6-2-9)19-8-13-18-12(7-16)14(20-13)17-10-3-4-10/h1-2,5-6,10,17H,3-4,8H2. The summed E-state index contributed by atoms with van der Waals surface area (Å²) in [6, 6.07) is 9.43. The molecule has 1 aromatic heterocycles. The van der Waals surface area contributed by atoms with Crippen LogP contribution in [0.4, 0.5) is 5.88 Å². The number of rotatable bonds is 5. The largest absolute Gasteiger partial charge is 0.484 e. The van der Waals surface area contributed by atoms with Gasteiger partial charge in [-0.3, -0.25) is 0 Å². The number of benzene rings is 1. The number of nitrogens with zero attached hydrogens (tertiary/aromatic N) is 2. The van der Waals surface area contributed by atoms with Crippen LogP contribution in [-0.4, -0.2) is 11.0 Å². The van der Waals surface area contributed by atoms with Crippen molar-refractivity contribution in [1.29, 1.82) is 5.26 Å². The maximum Gasteiger partial charge on any atom is 0.236 e. The fourth-order valence-corrected chi connectivity index (χ4v) is 1.81. The molecule has 0 saturated heterocycles. The van der Waals surface area contributed by atoms with E-state index in [-0.39, 0.29) is 12.3 Å².